The van der Waals surface area contributed by atoms with E-state index < -0.39 is 17.9 Å². The number of aliphatic carboxylic acids is 1. The molecule has 0 aromatic carbocycles. The van der Waals surface area contributed by atoms with Gasteiger partial charge >= 0.3 is 5.97 Å². The summed E-state index contributed by atoms with van der Waals surface area (Å²) in [6.45, 7) is 3.92. The third-order valence-electron chi connectivity index (χ3n) is 3.21. The summed E-state index contributed by atoms with van der Waals surface area (Å²) in [7, 11) is 0. The second kappa shape index (κ2) is 6.25. The molecular formula is C12H18N4O3S. The van der Waals surface area contributed by atoms with Crippen LogP contribution in [0.2, 0.25) is 0 Å². The molecule has 0 aliphatic carbocycles. The fourth-order valence-corrected chi connectivity index (χ4v) is 3.67. The number of carboxylic acids is 1. The summed E-state index contributed by atoms with van der Waals surface area (Å²) >= 11 is 1.51. The quantitative estimate of drug-likeness (QED) is 0.845. The molecule has 2 unspecified atom stereocenters. The highest BCUT2D eigenvalue weighted by atomic mass is 32.2. The van der Waals surface area contributed by atoms with E-state index in [4.69, 9.17) is 0 Å². The first kappa shape index (κ1) is 14.8. The molecule has 1 aliphatic rings. The maximum Gasteiger partial charge on any atom is 0.327 e. The monoisotopic (exact) mass is 298 g/mol. The zero-order valence-electron chi connectivity index (χ0n) is 11.5. The van der Waals surface area contributed by atoms with Gasteiger partial charge in [-0.3, -0.25) is 9.89 Å². The lowest BCUT2D eigenvalue weighted by Crippen LogP contribution is -2.46. The number of nitrogens with zero attached hydrogens (tertiary/aromatic N) is 3. The molecule has 2 heterocycles. The van der Waals surface area contributed by atoms with Crippen molar-refractivity contribution in [3.05, 3.63) is 11.6 Å². The number of nitrogens with one attached hydrogen (secondary N) is 1. The molecule has 2 atom stereocenters. The number of rotatable bonds is 5. The summed E-state index contributed by atoms with van der Waals surface area (Å²) in [4.78, 5) is 29.3. The minimum atomic E-state index is -0.976. The number of carbonyl (C=O) groups is 2. The van der Waals surface area contributed by atoms with Gasteiger partial charge in [0.1, 0.15) is 11.9 Å². The van der Waals surface area contributed by atoms with E-state index in [1.807, 2.05) is 13.8 Å². The number of hydrogen-bond donors (Lipinski definition) is 2. The topological polar surface area (TPSA) is 99.2 Å². The highest BCUT2D eigenvalue weighted by Crippen LogP contribution is 2.33. The van der Waals surface area contributed by atoms with Gasteiger partial charge in [-0.05, 0) is 6.42 Å². The van der Waals surface area contributed by atoms with E-state index in [-0.39, 0.29) is 11.2 Å². The Hall–Kier alpha value is -1.57. The molecule has 8 heteroatoms. The van der Waals surface area contributed by atoms with Gasteiger partial charge in [0.2, 0.25) is 5.82 Å². The van der Waals surface area contributed by atoms with E-state index in [1.54, 1.807) is 0 Å². The van der Waals surface area contributed by atoms with Gasteiger partial charge < -0.3 is 10.0 Å². The summed E-state index contributed by atoms with van der Waals surface area (Å²) in [6, 6.07) is -0.798. The summed E-state index contributed by atoms with van der Waals surface area (Å²) in [5.41, 5.74) is 0. The third kappa shape index (κ3) is 2.79. The maximum atomic E-state index is 12.5. The van der Waals surface area contributed by atoms with Crippen LogP contribution in [0.25, 0.3) is 0 Å². The Morgan fingerprint density at radius 1 is 1.50 bits per heavy atom. The van der Waals surface area contributed by atoms with Crippen molar-refractivity contribution in [1.82, 2.24) is 20.1 Å². The lowest BCUT2D eigenvalue weighted by Gasteiger charge is -2.25. The Labute approximate surface area is 121 Å². The Kier molecular flexibility index (Phi) is 4.64. The minimum absolute atomic E-state index is 0.0525. The molecule has 0 saturated carbocycles. The van der Waals surface area contributed by atoms with Crippen molar-refractivity contribution in [3.63, 3.8) is 0 Å². The lowest BCUT2D eigenvalue weighted by atomic mass is 10.2. The van der Waals surface area contributed by atoms with E-state index in [9.17, 15) is 14.7 Å². The number of H-pyrrole nitrogens is 1. The molecule has 2 rings (SSSR count). The van der Waals surface area contributed by atoms with Crippen molar-refractivity contribution >= 4 is 23.6 Å². The van der Waals surface area contributed by atoms with E-state index in [2.05, 4.69) is 15.2 Å². The zero-order valence-corrected chi connectivity index (χ0v) is 12.3. The predicted molar refractivity (Wildman–Crippen MR) is 74.5 cm³/mol. The first-order valence-electron chi connectivity index (χ1n) is 6.66. The summed E-state index contributed by atoms with van der Waals surface area (Å²) < 4.78 is 0. The van der Waals surface area contributed by atoms with Crippen LogP contribution in [0.3, 0.4) is 0 Å². The van der Waals surface area contributed by atoms with Gasteiger partial charge in [0.05, 0.1) is 5.37 Å². The third-order valence-corrected chi connectivity index (χ3v) is 4.56. The highest BCUT2D eigenvalue weighted by molar-refractivity contribution is 8.00. The van der Waals surface area contributed by atoms with Gasteiger partial charge in [0, 0.05) is 12.2 Å². The fourth-order valence-electron chi connectivity index (χ4n) is 2.16. The first-order valence-corrected chi connectivity index (χ1v) is 7.71. The van der Waals surface area contributed by atoms with E-state index in [0.29, 0.717) is 18.0 Å². The largest absolute Gasteiger partial charge is 0.480 e. The smallest absolute Gasteiger partial charge is 0.327 e. The standard InChI is InChI=1S/C12H18N4O3S/c1-3-5-9-16(7(6-20-9)12(18)19)11(17)10-13-8(4-2)14-15-10/h7,9H,3-6H2,1-2H3,(H,18,19)(H,13,14,15). The number of aromatic amines is 1. The van der Waals surface area contributed by atoms with Gasteiger partial charge in [0.15, 0.2) is 0 Å². The van der Waals surface area contributed by atoms with Crippen molar-refractivity contribution in [2.24, 2.45) is 0 Å². The molecule has 1 fully saturated rings. The van der Waals surface area contributed by atoms with Crippen molar-refractivity contribution < 1.29 is 14.7 Å². The van der Waals surface area contributed by atoms with E-state index >= 15 is 0 Å². The average Bonchev–Trinajstić information content (AvgIpc) is 3.04. The molecule has 1 aromatic rings. The summed E-state index contributed by atoms with van der Waals surface area (Å²) in [5.74, 6) is -0.292. The molecule has 1 saturated heterocycles. The Balaban J connectivity index is 2.24. The van der Waals surface area contributed by atoms with Gasteiger partial charge in [-0.1, -0.05) is 20.3 Å². The molecule has 0 spiro atoms. The van der Waals surface area contributed by atoms with Crippen LogP contribution >= 0.6 is 11.8 Å². The molecule has 20 heavy (non-hydrogen) atoms. The van der Waals surface area contributed by atoms with Crippen molar-refractivity contribution in [2.45, 2.75) is 44.5 Å². The Morgan fingerprint density at radius 2 is 2.25 bits per heavy atom. The number of amides is 1. The normalized spacial score (nSPS) is 22.2. The zero-order chi connectivity index (χ0) is 14.7. The molecule has 2 N–H and O–H groups in total. The van der Waals surface area contributed by atoms with Gasteiger partial charge in [-0.25, -0.2) is 9.78 Å². The van der Waals surface area contributed by atoms with Crippen molar-refractivity contribution in [2.75, 3.05) is 5.75 Å². The van der Waals surface area contributed by atoms with Crippen LogP contribution in [0.5, 0.6) is 0 Å². The SMILES string of the molecule is CCCC1SCC(C(=O)O)N1C(=O)c1n[nH]c(CC)n1. The Bertz CT molecular complexity index is 505. The average molecular weight is 298 g/mol. The second-order valence-electron chi connectivity index (χ2n) is 4.60. The van der Waals surface area contributed by atoms with Crippen LogP contribution in [-0.4, -0.2) is 54.2 Å². The predicted octanol–water partition coefficient (Wildman–Crippen LogP) is 1.14. The second-order valence-corrected chi connectivity index (χ2v) is 5.81. The maximum absolute atomic E-state index is 12.5. The summed E-state index contributed by atoms with van der Waals surface area (Å²) in [6.07, 6.45) is 2.31. The molecule has 0 radical (unpaired) electrons. The lowest BCUT2D eigenvalue weighted by molar-refractivity contribution is -0.141. The molecule has 1 aliphatic heterocycles. The molecule has 1 aromatic heterocycles. The number of thioether (sulfide) groups is 1. The van der Waals surface area contributed by atoms with E-state index in [1.165, 1.54) is 16.7 Å². The fraction of sp³-hybridized carbons (Fsp3) is 0.667. The minimum Gasteiger partial charge on any atom is -0.480 e. The van der Waals surface area contributed by atoms with Crippen LogP contribution in [-0.2, 0) is 11.2 Å². The molecule has 0 bridgehead atoms. The van der Waals surface area contributed by atoms with Gasteiger partial charge in [-0.2, -0.15) is 0 Å². The van der Waals surface area contributed by atoms with E-state index in [0.717, 1.165) is 12.8 Å². The number of carboxylic acid groups (broad SMARTS) is 1. The van der Waals surface area contributed by atoms with Crippen LogP contribution in [0.4, 0.5) is 0 Å². The van der Waals surface area contributed by atoms with Crippen LogP contribution in [0.1, 0.15) is 43.1 Å². The number of hydrogen-bond acceptors (Lipinski definition) is 5. The Morgan fingerprint density at radius 3 is 2.80 bits per heavy atom. The number of carbonyl (C=O) groups excluding carboxylic acids is 1. The van der Waals surface area contributed by atoms with Crippen molar-refractivity contribution in [1.29, 1.82) is 0 Å². The first-order chi connectivity index (χ1) is 9.58. The van der Waals surface area contributed by atoms with Crippen molar-refractivity contribution in [3.8, 4) is 0 Å². The molecule has 110 valence electrons. The number of aryl methyl sites for hydroxylation is 1. The molecular weight excluding hydrogens is 280 g/mol. The van der Waals surface area contributed by atoms with Gasteiger partial charge in [0.25, 0.3) is 5.91 Å². The van der Waals surface area contributed by atoms with Crippen LogP contribution in [0, 0.1) is 0 Å². The summed E-state index contributed by atoms with van der Waals surface area (Å²) in [5, 5.41) is 15.7. The van der Waals surface area contributed by atoms with Crippen LogP contribution in [0.15, 0.2) is 0 Å². The molecule has 7 nitrogen and oxygen atoms in total. The van der Waals surface area contributed by atoms with Crippen LogP contribution < -0.4 is 0 Å². The van der Waals surface area contributed by atoms with Gasteiger partial charge in [-0.15, -0.1) is 16.9 Å². The molecule has 1 amide bonds. The number of aromatic nitrogens is 3. The highest BCUT2D eigenvalue weighted by Gasteiger charge is 2.42.